The number of allylic oxidation sites excluding steroid dienone is 1. The third-order valence-electron chi connectivity index (χ3n) is 2.23. The first-order chi connectivity index (χ1) is 5.15. The molecule has 0 radical (unpaired) electrons. The fourth-order valence-electron chi connectivity index (χ4n) is 1.54. The summed E-state index contributed by atoms with van der Waals surface area (Å²) < 4.78 is 0. The van der Waals surface area contributed by atoms with Crippen molar-refractivity contribution in [3.05, 3.63) is 12.2 Å². The molecule has 0 aromatic heterocycles. The Labute approximate surface area is 74.5 Å². The van der Waals surface area contributed by atoms with Crippen LogP contribution in [0.15, 0.2) is 12.2 Å². The highest BCUT2D eigenvalue weighted by molar-refractivity contribution is 7.99. The van der Waals surface area contributed by atoms with Gasteiger partial charge in [-0.2, -0.15) is 11.8 Å². The normalized spacial score (nSPS) is 29.1. The van der Waals surface area contributed by atoms with Gasteiger partial charge in [-0.1, -0.05) is 26.0 Å². The van der Waals surface area contributed by atoms with Crippen LogP contribution in [-0.4, -0.2) is 11.5 Å². The molecule has 1 aliphatic rings. The van der Waals surface area contributed by atoms with Crippen molar-refractivity contribution in [3.63, 3.8) is 0 Å². The molecule has 0 aromatic rings. The van der Waals surface area contributed by atoms with Gasteiger partial charge in [0.1, 0.15) is 0 Å². The molecule has 0 saturated heterocycles. The minimum atomic E-state index is 0.783. The zero-order chi connectivity index (χ0) is 8.43. The van der Waals surface area contributed by atoms with E-state index < -0.39 is 0 Å². The molecular weight excluding hydrogens is 152 g/mol. The minimum Gasteiger partial charge on any atom is -0.161 e. The van der Waals surface area contributed by atoms with Gasteiger partial charge < -0.3 is 0 Å². The van der Waals surface area contributed by atoms with E-state index in [0.29, 0.717) is 0 Å². The van der Waals surface area contributed by atoms with Gasteiger partial charge in [-0.25, -0.2) is 0 Å². The van der Waals surface area contributed by atoms with Gasteiger partial charge >= 0.3 is 0 Å². The molecule has 1 fully saturated rings. The van der Waals surface area contributed by atoms with E-state index in [4.69, 9.17) is 0 Å². The van der Waals surface area contributed by atoms with Crippen molar-refractivity contribution in [1.82, 2.24) is 0 Å². The predicted octanol–water partition coefficient (Wildman–Crippen LogP) is 3.34. The first kappa shape index (κ1) is 9.18. The van der Waals surface area contributed by atoms with Crippen LogP contribution in [0.25, 0.3) is 0 Å². The average Bonchev–Trinajstić information content (AvgIpc) is 2.63. The first-order valence-electron chi connectivity index (χ1n) is 4.35. The second kappa shape index (κ2) is 3.66. The lowest BCUT2D eigenvalue weighted by atomic mass is 10.0. The summed E-state index contributed by atoms with van der Waals surface area (Å²) in [5.74, 6) is 1.64. The Morgan fingerprint density at radius 3 is 2.64 bits per heavy atom. The highest BCUT2D eigenvalue weighted by Gasteiger charge is 2.37. The molecule has 2 atom stereocenters. The van der Waals surface area contributed by atoms with E-state index in [1.165, 1.54) is 18.4 Å². The summed E-state index contributed by atoms with van der Waals surface area (Å²) in [5, 5.41) is 0.904. The molecule has 2 unspecified atom stereocenters. The maximum Gasteiger partial charge on any atom is 0.0116 e. The Morgan fingerprint density at radius 1 is 1.64 bits per heavy atom. The van der Waals surface area contributed by atoms with Gasteiger partial charge in [-0.3, -0.25) is 0 Å². The Bertz CT molecular complexity index is 149. The zero-order valence-corrected chi connectivity index (χ0v) is 8.58. The first-order valence-corrected chi connectivity index (χ1v) is 5.64. The number of hydrogen-bond acceptors (Lipinski definition) is 1. The molecule has 1 heteroatoms. The molecule has 64 valence electrons. The summed E-state index contributed by atoms with van der Waals surface area (Å²) in [6, 6.07) is 0. The van der Waals surface area contributed by atoms with E-state index in [1.807, 2.05) is 11.8 Å². The van der Waals surface area contributed by atoms with Crippen LogP contribution in [0.4, 0.5) is 0 Å². The molecule has 11 heavy (non-hydrogen) atoms. The van der Waals surface area contributed by atoms with E-state index in [1.54, 1.807) is 0 Å². The molecule has 1 rings (SSSR count). The standard InChI is InChI=1S/C10H18S/c1-7(2)5-8(3)9-6-10(9)11-4/h7,9-10H,3,5-6H2,1-2,4H3. The van der Waals surface area contributed by atoms with Gasteiger partial charge in [-0.05, 0) is 30.9 Å². The maximum absolute atomic E-state index is 4.14. The summed E-state index contributed by atoms with van der Waals surface area (Å²) in [4.78, 5) is 0. The number of rotatable bonds is 4. The van der Waals surface area contributed by atoms with Crippen molar-refractivity contribution >= 4 is 11.8 Å². The lowest BCUT2D eigenvalue weighted by molar-refractivity contribution is 0.622. The monoisotopic (exact) mass is 170 g/mol. The number of hydrogen-bond donors (Lipinski definition) is 0. The molecule has 0 amide bonds. The van der Waals surface area contributed by atoms with Gasteiger partial charge in [0.05, 0.1) is 0 Å². The SMILES string of the molecule is C=C(CC(C)C)C1CC1SC. The Morgan fingerprint density at radius 2 is 2.27 bits per heavy atom. The number of thioether (sulfide) groups is 1. The highest BCUT2D eigenvalue weighted by atomic mass is 32.2. The van der Waals surface area contributed by atoms with Crippen LogP contribution in [0, 0.1) is 11.8 Å². The molecule has 0 bridgehead atoms. The summed E-state index contributed by atoms with van der Waals surface area (Å²) in [7, 11) is 0. The summed E-state index contributed by atoms with van der Waals surface area (Å²) in [6.45, 7) is 8.67. The van der Waals surface area contributed by atoms with Crippen molar-refractivity contribution in [3.8, 4) is 0 Å². The third kappa shape index (κ3) is 2.55. The summed E-state index contributed by atoms with van der Waals surface area (Å²) >= 11 is 1.99. The van der Waals surface area contributed by atoms with E-state index in [2.05, 4.69) is 26.7 Å². The third-order valence-corrected chi connectivity index (χ3v) is 3.36. The van der Waals surface area contributed by atoms with E-state index in [9.17, 15) is 0 Å². The fraction of sp³-hybridized carbons (Fsp3) is 0.800. The predicted molar refractivity (Wildman–Crippen MR) is 54.0 cm³/mol. The average molecular weight is 170 g/mol. The molecular formula is C10H18S. The molecule has 0 aromatic carbocycles. The topological polar surface area (TPSA) is 0 Å². The van der Waals surface area contributed by atoms with Gasteiger partial charge in [0, 0.05) is 5.25 Å². The van der Waals surface area contributed by atoms with Crippen molar-refractivity contribution < 1.29 is 0 Å². The molecule has 1 aliphatic carbocycles. The maximum atomic E-state index is 4.14. The second-order valence-corrected chi connectivity index (χ2v) is 4.95. The Balaban J connectivity index is 2.23. The van der Waals surface area contributed by atoms with Crippen LogP contribution < -0.4 is 0 Å². The van der Waals surface area contributed by atoms with Crippen LogP contribution >= 0.6 is 11.8 Å². The lowest BCUT2D eigenvalue weighted by Gasteiger charge is -2.06. The summed E-state index contributed by atoms with van der Waals surface area (Å²) in [6.07, 6.45) is 4.81. The molecule has 0 nitrogen and oxygen atoms in total. The highest BCUT2D eigenvalue weighted by Crippen LogP contribution is 2.46. The largest absolute Gasteiger partial charge is 0.161 e. The smallest absolute Gasteiger partial charge is 0.0116 e. The lowest BCUT2D eigenvalue weighted by Crippen LogP contribution is -1.94. The van der Waals surface area contributed by atoms with E-state index in [0.717, 1.165) is 17.1 Å². The Hall–Kier alpha value is 0.0900. The summed E-state index contributed by atoms with van der Waals surface area (Å²) in [5.41, 5.74) is 1.49. The van der Waals surface area contributed by atoms with Crippen LogP contribution in [0.5, 0.6) is 0 Å². The van der Waals surface area contributed by atoms with Crippen molar-refractivity contribution in [2.45, 2.75) is 31.9 Å². The van der Waals surface area contributed by atoms with Gasteiger partial charge in [0.15, 0.2) is 0 Å². The molecule has 0 N–H and O–H groups in total. The second-order valence-electron chi connectivity index (χ2n) is 3.87. The molecule has 0 spiro atoms. The molecule has 0 aliphatic heterocycles. The Kier molecular flexibility index (Phi) is 3.06. The fourth-order valence-corrected chi connectivity index (χ4v) is 2.46. The van der Waals surface area contributed by atoms with E-state index >= 15 is 0 Å². The van der Waals surface area contributed by atoms with Crippen molar-refractivity contribution in [1.29, 1.82) is 0 Å². The molecule has 1 saturated carbocycles. The van der Waals surface area contributed by atoms with Crippen LogP contribution in [-0.2, 0) is 0 Å². The van der Waals surface area contributed by atoms with Crippen LogP contribution in [0.3, 0.4) is 0 Å². The van der Waals surface area contributed by atoms with Crippen LogP contribution in [0.2, 0.25) is 0 Å². The van der Waals surface area contributed by atoms with Crippen LogP contribution in [0.1, 0.15) is 26.7 Å². The quantitative estimate of drug-likeness (QED) is 0.583. The van der Waals surface area contributed by atoms with Gasteiger partial charge in [-0.15, -0.1) is 0 Å². The molecule has 0 heterocycles. The minimum absolute atomic E-state index is 0.783. The zero-order valence-electron chi connectivity index (χ0n) is 7.76. The van der Waals surface area contributed by atoms with Crippen molar-refractivity contribution in [2.75, 3.05) is 6.26 Å². The van der Waals surface area contributed by atoms with E-state index in [-0.39, 0.29) is 0 Å². The van der Waals surface area contributed by atoms with Gasteiger partial charge in [0.25, 0.3) is 0 Å². The van der Waals surface area contributed by atoms with Crippen molar-refractivity contribution in [2.24, 2.45) is 11.8 Å². The van der Waals surface area contributed by atoms with Gasteiger partial charge in [0.2, 0.25) is 0 Å².